The van der Waals surface area contributed by atoms with Crippen molar-refractivity contribution in [1.82, 2.24) is 0 Å². The number of rotatable bonds is 7. The molecule has 0 bridgehead atoms. The average Bonchev–Trinajstić information content (AvgIpc) is 2.73. The summed E-state index contributed by atoms with van der Waals surface area (Å²) in [5.74, 6) is 1.39. The van der Waals surface area contributed by atoms with Crippen molar-refractivity contribution in [2.24, 2.45) is 0 Å². The van der Waals surface area contributed by atoms with Crippen LogP contribution in [0.3, 0.4) is 0 Å². The van der Waals surface area contributed by atoms with E-state index >= 15 is 0 Å². The smallest absolute Gasteiger partial charge is 0.175 e. The van der Waals surface area contributed by atoms with Crippen LogP contribution in [-0.4, -0.2) is 6.61 Å². The molecule has 0 unspecified atom stereocenters. The van der Waals surface area contributed by atoms with Crippen molar-refractivity contribution in [2.45, 2.75) is 13.5 Å². The Morgan fingerprint density at radius 3 is 2.45 bits per heavy atom. The van der Waals surface area contributed by atoms with Gasteiger partial charge in [-0.1, -0.05) is 58.4 Å². The summed E-state index contributed by atoms with van der Waals surface area (Å²) in [6, 6.07) is 23.9. The Labute approximate surface area is 193 Å². The molecule has 0 aliphatic carbocycles. The molecule has 3 aromatic carbocycles. The predicted octanol–water partition coefficient (Wildman–Crippen LogP) is 7.10. The van der Waals surface area contributed by atoms with Crippen molar-refractivity contribution in [1.29, 1.82) is 5.26 Å². The topological polar surface area (TPSA) is 42.2 Å². The van der Waals surface area contributed by atoms with Gasteiger partial charge in [-0.3, -0.25) is 0 Å². The summed E-state index contributed by atoms with van der Waals surface area (Å²) in [5, 5.41) is 9.59. The Morgan fingerprint density at radius 2 is 1.79 bits per heavy atom. The van der Waals surface area contributed by atoms with E-state index in [0.717, 1.165) is 24.7 Å². The summed E-state index contributed by atoms with van der Waals surface area (Å²) in [5.41, 5.74) is 3.46. The lowest BCUT2D eigenvalue weighted by Gasteiger charge is -2.15. The lowest BCUT2D eigenvalue weighted by molar-refractivity contribution is 0.267. The first-order valence-electron chi connectivity index (χ1n) is 9.11. The monoisotopic (exact) mass is 559 g/mol. The minimum Gasteiger partial charge on any atom is -0.490 e. The first-order valence-corrected chi connectivity index (χ1v) is 11.0. The van der Waals surface area contributed by atoms with Crippen molar-refractivity contribution in [3.63, 3.8) is 0 Å². The first-order chi connectivity index (χ1) is 14.1. The molecule has 0 N–H and O–H groups in total. The number of allylic oxidation sites excluding steroid dienone is 1. The second-order valence-electron chi connectivity index (χ2n) is 6.21. The van der Waals surface area contributed by atoms with Crippen molar-refractivity contribution in [2.75, 3.05) is 6.61 Å². The van der Waals surface area contributed by atoms with Gasteiger partial charge in [0.25, 0.3) is 0 Å². The number of nitrogens with zero attached hydrogens (tertiary/aromatic N) is 1. The molecular formula is C24H19BrINO2. The zero-order valence-corrected chi connectivity index (χ0v) is 19.6. The van der Waals surface area contributed by atoms with E-state index in [1.54, 1.807) is 0 Å². The molecule has 0 radical (unpaired) electrons. The number of ether oxygens (including phenoxy) is 2. The first kappa shape index (κ1) is 21.4. The lowest BCUT2D eigenvalue weighted by atomic mass is 10.0. The Bertz CT molecular complexity index is 1040. The van der Waals surface area contributed by atoms with E-state index in [-0.39, 0.29) is 0 Å². The Balaban J connectivity index is 1.90. The number of hydrogen-bond acceptors (Lipinski definition) is 3. The molecule has 0 aliphatic rings. The fraction of sp³-hybridized carbons (Fsp3) is 0.125. The molecule has 0 saturated heterocycles. The SMILES string of the molecule is CCOc1cc(/C=C(/C#N)c2ccccc2)cc(I)c1OCc1ccc(Br)cc1. The molecule has 0 atom stereocenters. The summed E-state index contributed by atoms with van der Waals surface area (Å²) in [6.07, 6.45) is 1.87. The number of hydrogen-bond donors (Lipinski definition) is 0. The summed E-state index contributed by atoms with van der Waals surface area (Å²) in [6.45, 7) is 2.92. The highest BCUT2D eigenvalue weighted by Crippen LogP contribution is 2.36. The molecular weight excluding hydrogens is 541 g/mol. The molecule has 3 aromatic rings. The third kappa shape index (κ3) is 5.84. The van der Waals surface area contributed by atoms with E-state index in [2.05, 4.69) is 44.6 Å². The van der Waals surface area contributed by atoms with E-state index in [9.17, 15) is 5.26 Å². The van der Waals surface area contributed by atoms with Gasteiger partial charge in [0, 0.05) is 4.47 Å². The van der Waals surface area contributed by atoms with E-state index in [0.29, 0.717) is 30.3 Å². The highest BCUT2D eigenvalue weighted by molar-refractivity contribution is 14.1. The van der Waals surface area contributed by atoms with Gasteiger partial charge in [0.1, 0.15) is 6.61 Å². The number of nitriles is 1. The van der Waals surface area contributed by atoms with Gasteiger partial charge in [0.15, 0.2) is 11.5 Å². The average molecular weight is 560 g/mol. The second-order valence-corrected chi connectivity index (χ2v) is 8.29. The van der Waals surface area contributed by atoms with E-state index in [4.69, 9.17) is 9.47 Å². The Kier molecular flexibility index (Phi) is 7.73. The second kappa shape index (κ2) is 10.5. The Hall–Kier alpha value is -2.30. The summed E-state index contributed by atoms with van der Waals surface area (Å²) in [7, 11) is 0. The van der Waals surface area contributed by atoms with Gasteiger partial charge < -0.3 is 9.47 Å². The standard InChI is InChI=1S/C24H19BrINO2/c1-2-28-23-14-18(12-20(15-27)19-6-4-3-5-7-19)13-22(26)24(23)29-16-17-8-10-21(25)11-9-17/h3-14H,2,16H2,1H3/b20-12-. The van der Waals surface area contributed by atoms with Gasteiger partial charge in [-0.25, -0.2) is 0 Å². The summed E-state index contributed by atoms with van der Waals surface area (Å²) < 4.78 is 13.9. The van der Waals surface area contributed by atoms with E-state index < -0.39 is 0 Å². The van der Waals surface area contributed by atoms with Gasteiger partial charge in [0.05, 0.1) is 21.8 Å². The van der Waals surface area contributed by atoms with Gasteiger partial charge >= 0.3 is 0 Å². The van der Waals surface area contributed by atoms with Crippen LogP contribution in [-0.2, 0) is 6.61 Å². The molecule has 0 aliphatic heterocycles. The third-order valence-corrected chi connectivity index (χ3v) is 5.47. The van der Waals surface area contributed by atoms with Crippen LogP contribution < -0.4 is 9.47 Å². The zero-order valence-electron chi connectivity index (χ0n) is 15.9. The van der Waals surface area contributed by atoms with Crippen LogP contribution in [0.2, 0.25) is 0 Å². The van der Waals surface area contributed by atoms with E-state index in [1.165, 1.54) is 0 Å². The Morgan fingerprint density at radius 1 is 1.07 bits per heavy atom. The maximum atomic E-state index is 9.59. The van der Waals surface area contributed by atoms with E-state index in [1.807, 2.05) is 79.7 Å². The molecule has 0 aromatic heterocycles. The normalized spacial score (nSPS) is 11.0. The van der Waals surface area contributed by atoms with Crippen molar-refractivity contribution >= 4 is 50.2 Å². The lowest BCUT2D eigenvalue weighted by Crippen LogP contribution is -2.02. The molecule has 5 heteroatoms. The maximum absolute atomic E-state index is 9.59. The van der Waals surface area contributed by atoms with Crippen LogP contribution in [0.25, 0.3) is 11.6 Å². The van der Waals surface area contributed by atoms with Crippen LogP contribution in [0.4, 0.5) is 0 Å². The van der Waals surface area contributed by atoms with Crippen LogP contribution in [0.15, 0.2) is 71.2 Å². The number of halogens is 2. The van der Waals surface area contributed by atoms with Gasteiger partial charge in [-0.2, -0.15) is 5.26 Å². The van der Waals surface area contributed by atoms with Gasteiger partial charge in [-0.15, -0.1) is 0 Å². The molecule has 0 spiro atoms. The van der Waals surface area contributed by atoms with Gasteiger partial charge in [-0.05, 0) is 76.5 Å². The number of benzene rings is 3. The van der Waals surface area contributed by atoms with Crippen molar-refractivity contribution in [3.05, 3.63) is 91.5 Å². The van der Waals surface area contributed by atoms with Crippen molar-refractivity contribution < 1.29 is 9.47 Å². The quantitative estimate of drug-likeness (QED) is 0.176. The molecule has 0 fully saturated rings. The van der Waals surface area contributed by atoms with Crippen molar-refractivity contribution in [3.8, 4) is 17.6 Å². The van der Waals surface area contributed by atoms with Crippen LogP contribution >= 0.6 is 38.5 Å². The maximum Gasteiger partial charge on any atom is 0.175 e. The minimum atomic E-state index is 0.450. The fourth-order valence-corrected chi connectivity index (χ4v) is 3.82. The minimum absolute atomic E-state index is 0.450. The molecule has 0 heterocycles. The molecule has 3 nitrogen and oxygen atoms in total. The van der Waals surface area contributed by atoms with Crippen LogP contribution in [0.1, 0.15) is 23.6 Å². The third-order valence-electron chi connectivity index (χ3n) is 4.14. The fourth-order valence-electron chi connectivity index (χ4n) is 2.77. The molecule has 0 saturated carbocycles. The molecule has 0 amide bonds. The summed E-state index contributed by atoms with van der Waals surface area (Å²) in [4.78, 5) is 0. The van der Waals surface area contributed by atoms with Crippen LogP contribution in [0.5, 0.6) is 11.5 Å². The highest BCUT2D eigenvalue weighted by atomic mass is 127. The predicted molar refractivity (Wildman–Crippen MR) is 129 cm³/mol. The van der Waals surface area contributed by atoms with Gasteiger partial charge in [0.2, 0.25) is 0 Å². The molecule has 29 heavy (non-hydrogen) atoms. The van der Waals surface area contributed by atoms with Crippen LogP contribution in [0, 0.1) is 14.9 Å². The highest BCUT2D eigenvalue weighted by Gasteiger charge is 2.13. The largest absolute Gasteiger partial charge is 0.490 e. The zero-order chi connectivity index (χ0) is 20.6. The summed E-state index contributed by atoms with van der Waals surface area (Å²) >= 11 is 5.69. The molecule has 3 rings (SSSR count). The molecule has 146 valence electrons.